The number of anilines is 1. The Hall–Kier alpha value is -3.60. The predicted octanol–water partition coefficient (Wildman–Crippen LogP) is 4.14. The van der Waals surface area contributed by atoms with Crippen LogP contribution in [-0.2, 0) is 9.53 Å². The molecule has 158 valence electrons. The summed E-state index contributed by atoms with van der Waals surface area (Å²) in [5.74, 6) is 3.07. The second-order valence-corrected chi connectivity index (χ2v) is 6.73. The van der Waals surface area contributed by atoms with Crippen molar-refractivity contribution >= 4 is 23.2 Å². The van der Waals surface area contributed by atoms with Gasteiger partial charge in [-0.2, -0.15) is 0 Å². The first-order valence-corrected chi connectivity index (χ1v) is 9.59. The van der Waals surface area contributed by atoms with Crippen LogP contribution in [0.15, 0.2) is 55.0 Å². The van der Waals surface area contributed by atoms with Gasteiger partial charge in [-0.05, 0) is 35.9 Å². The number of methoxy groups -OCH3 is 2. The van der Waals surface area contributed by atoms with Crippen LogP contribution in [-0.4, -0.2) is 36.7 Å². The van der Waals surface area contributed by atoms with E-state index in [-0.39, 0.29) is 6.61 Å². The Kier molecular flexibility index (Phi) is 7.44. The number of rotatable bonds is 8. The molecule has 3 rings (SSSR count). The highest BCUT2D eigenvalue weighted by atomic mass is 35.5. The first-order chi connectivity index (χ1) is 15.1. The van der Waals surface area contributed by atoms with Gasteiger partial charge in [-0.1, -0.05) is 29.7 Å². The van der Waals surface area contributed by atoms with Crippen LogP contribution >= 0.6 is 11.6 Å². The van der Waals surface area contributed by atoms with Gasteiger partial charge in [-0.25, -0.2) is 9.97 Å². The number of carbonyl (C=O) groups is 1. The maximum absolute atomic E-state index is 13.1. The third-order valence-corrected chi connectivity index (χ3v) is 4.62. The summed E-state index contributed by atoms with van der Waals surface area (Å²) in [6.07, 6.45) is 7.28. The Labute approximate surface area is 185 Å². The van der Waals surface area contributed by atoms with E-state index < -0.39 is 12.0 Å². The SMILES string of the molecule is C#CCOC(C(=O)Nc1cncnc1-c1ccc(OC)c(OC)c1)c1ccc(Cl)cc1. The molecule has 0 aliphatic carbocycles. The number of carbonyl (C=O) groups excluding carboxylic acids is 1. The Morgan fingerprint density at radius 3 is 2.58 bits per heavy atom. The summed E-state index contributed by atoms with van der Waals surface area (Å²) in [6.45, 7) is -0.0332. The van der Waals surface area contributed by atoms with Crippen molar-refractivity contribution in [3.05, 3.63) is 65.6 Å². The van der Waals surface area contributed by atoms with Crippen LogP contribution in [0.4, 0.5) is 5.69 Å². The molecule has 1 amide bonds. The molecule has 1 atom stereocenters. The molecule has 0 bridgehead atoms. The van der Waals surface area contributed by atoms with Gasteiger partial charge in [0.2, 0.25) is 0 Å². The van der Waals surface area contributed by atoms with Gasteiger partial charge in [0.05, 0.1) is 31.8 Å². The molecule has 0 saturated heterocycles. The van der Waals surface area contributed by atoms with E-state index in [9.17, 15) is 4.79 Å². The molecule has 7 nitrogen and oxygen atoms in total. The summed E-state index contributed by atoms with van der Waals surface area (Å²) in [5, 5.41) is 3.38. The second-order valence-electron chi connectivity index (χ2n) is 6.29. The zero-order valence-electron chi connectivity index (χ0n) is 17.0. The smallest absolute Gasteiger partial charge is 0.258 e. The van der Waals surface area contributed by atoms with Crippen LogP contribution in [0.3, 0.4) is 0 Å². The lowest BCUT2D eigenvalue weighted by Crippen LogP contribution is -2.24. The monoisotopic (exact) mass is 437 g/mol. The van der Waals surface area contributed by atoms with Gasteiger partial charge in [0.25, 0.3) is 5.91 Å². The number of amides is 1. The van der Waals surface area contributed by atoms with Gasteiger partial charge >= 0.3 is 0 Å². The zero-order valence-corrected chi connectivity index (χ0v) is 17.7. The molecule has 0 fully saturated rings. The molecule has 2 aromatic carbocycles. The summed E-state index contributed by atoms with van der Waals surface area (Å²) in [5.41, 5.74) is 2.24. The van der Waals surface area contributed by atoms with E-state index in [0.717, 1.165) is 0 Å². The Morgan fingerprint density at radius 1 is 1.16 bits per heavy atom. The molecule has 0 radical (unpaired) electrons. The van der Waals surface area contributed by atoms with Gasteiger partial charge in [0.15, 0.2) is 17.6 Å². The van der Waals surface area contributed by atoms with Crippen molar-refractivity contribution in [2.45, 2.75) is 6.10 Å². The number of nitrogens with one attached hydrogen (secondary N) is 1. The number of hydrogen-bond donors (Lipinski definition) is 1. The quantitative estimate of drug-likeness (QED) is 0.533. The lowest BCUT2D eigenvalue weighted by atomic mass is 10.1. The number of ether oxygens (including phenoxy) is 3. The van der Waals surface area contributed by atoms with E-state index in [1.807, 2.05) is 6.07 Å². The molecular weight excluding hydrogens is 418 g/mol. The van der Waals surface area contributed by atoms with Crippen molar-refractivity contribution < 1.29 is 19.0 Å². The highest BCUT2D eigenvalue weighted by Gasteiger charge is 2.23. The van der Waals surface area contributed by atoms with Gasteiger partial charge in [-0.3, -0.25) is 4.79 Å². The largest absolute Gasteiger partial charge is 0.493 e. The average molecular weight is 438 g/mol. The van der Waals surface area contributed by atoms with Crippen molar-refractivity contribution in [1.82, 2.24) is 9.97 Å². The summed E-state index contributed by atoms with van der Waals surface area (Å²) < 4.78 is 16.2. The van der Waals surface area contributed by atoms with E-state index in [4.69, 9.17) is 32.2 Å². The van der Waals surface area contributed by atoms with Crippen LogP contribution in [0.5, 0.6) is 11.5 Å². The Bertz CT molecular complexity index is 1100. The van der Waals surface area contributed by atoms with E-state index in [0.29, 0.717) is 39.0 Å². The fourth-order valence-corrected chi connectivity index (χ4v) is 3.05. The Morgan fingerprint density at radius 2 is 1.90 bits per heavy atom. The van der Waals surface area contributed by atoms with Crippen LogP contribution in [0.1, 0.15) is 11.7 Å². The van der Waals surface area contributed by atoms with Crippen molar-refractivity contribution in [3.8, 4) is 35.1 Å². The third-order valence-electron chi connectivity index (χ3n) is 4.37. The second kappa shape index (κ2) is 10.4. The Balaban J connectivity index is 1.92. The summed E-state index contributed by atoms with van der Waals surface area (Å²) in [7, 11) is 3.10. The molecule has 8 heteroatoms. The number of halogens is 1. The molecule has 3 aromatic rings. The fourth-order valence-electron chi connectivity index (χ4n) is 2.93. The molecule has 0 aliphatic rings. The molecule has 0 aliphatic heterocycles. The molecule has 0 spiro atoms. The summed E-state index contributed by atoms with van der Waals surface area (Å²) in [6, 6.07) is 12.1. The van der Waals surface area contributed by atoms with Gasteiger partial charge in [0, 0.05) is 10.6 Å². The average Bonchev–Trinajstić information content (AvgIpc) is 2.80. The minimum atomic E-state index is -0.938. The lowest BCUT2D eigenvalue weighted by Gasteiger charge is -2.18. The minimum absolute atomic E-state index is 0.0332. The number of nitrogens with zero attached hydrogens (tertiary/aromatic N) is 2. The van der Waals surface area contributed by atoms with E-state index >= 15 is 0 Å². The summed E-state index contributed by atoms with van der Waals surface area (Å²) >= 11 is 5.96. The van der Waals surface area contributed by atoms with E-state index in [1.54, 1.807) is 50.6 Å². The van der Waals surface area contributed by atoms with Crippen molar-refractivity contribution in [3.63, 3.8) is 0 Å². The number of terminal acetylenes is 1. The normalized spacial score (nSPS) is 11.3. The molecule has 1 N–H and O–H groups in total. The van der Waals surface area contributed by atoms with Crippen LogP contribution in [0.2, 0.25) is 5.02 Å². The lowest BCUT2D eigenvalue weighted by molar-refractivity contribution is -0.126. The van der Waals surface area contributed by atoms with Gasteiger partial charge < -0.3 is 19.5 Å². The minimum Gasteiger partial charge on any atom is -0.493 e. The molecule has 0 saturated carbocycles. The van der Waals surface area contributed by atoms with Crippen molar-refractivity contribution in [2.24, 2.45) is 0 Å². The van der Waals surface area contributed by atoms with Crippen LogP contribution in [0.25, 0.3) is 11.3 Å². The predicted molar refractivity (Wildman–Crippen MR) is 118 cm³/mol. The van der Waals surface area contributed by atoms with Gasteiger partial charge in [0.1, 0.15) is 12.9 Å². The zero-order chi connectivity index (χ0) is 22.2. The van der Waals surface area contributed by atoms with Crippen molar-refractivity contribution in [1.29, 1.82) is 0 Å². The van der Waals surface area contributed by atoms with Crippen molar-refractivity contribution in [2.75, 3.05) is 26.1 Å². The van der Waals surface area contributed by atoms with E-state index in [2.05, 4.69) is 21.2 Å². The molecular formula is C23H20ClN3O4. The molecule has 1 unspecified atom stereocenters. The number of benzene rings is 2. The fraction of sp³-hybridized carbons (Fsp3) is 0.174. The maximum atomic E-state index is 13.1. The van der Waals surface area contributed by atoms with E-state index in [1.165, 1.54) is 12.5 Å². The van der Waals surface area contributed by atoms with Crippen LogP contribution in [0, 0.1) is 12.3 Å². The number of hydrogen-bond acceptors (Lipinski definition) is 6. The molecule has 31 heavy (non-hydrogen) atoms. The third kappa shape index (κ3) is 5.31. The molecule has 1 aromatic heterocycles. The first kappa shape index (κ1) is 22.1. The molecule has 1 heterocycles. The van der Waals surface area contributed by atoms with Crippen LogP contribution < -0.4 is 14.8 Å². The highest BCUT2D eigenvalue weighted by molar-refractivity contribution is 6.30. The first-order valence-electron chi connectivity index (χ1n) is 9.21. The summed E-state index contributed by atoms with van der Waals surface area (Å²) in [4.78, 5) is 21.4. The standard InChI is InChI=1S/C23H20ClN3O4/c1-4-11-31-22(15-5-8-17(24)9-6-15)23(28)27-18-13-25-14-26-21(18)16-7-10-19(29-2)20(12-16)30-3/h1,5-10,12-14,22H,11H2,2-3H3,(H,27,28). The topological polar surface area (TPSA) is 82.6 Å². The number of aromatic nitrogens is 2. The maximum Gasteiger partial charge on any atom is 0.258 e. The van der Waals surface area contributed by atoms with Gasteiger partial charge in [-0.15, -0.1) is 6.42 Å². The highest BCUT2D eigenvalue weighted by Crippen LogP contribution is 2.34.